The highest BCUT2D eigenvalue weighted by Gasteiger charge is 2.29. The Morgan fingerprint density at radius 3 is 2.65 bits per heavy atom. The maximum absolute atomic E-state index is 11.2. The average molecular weight is 232 g/mol. The van der Waals surface area contributed by atoms with Gasteiger partial charge in [-0.15, -0.1) is 0 Å². The number of hydrogen-bond donors (Lipinski definition) is 1. The second-order valence-electron chi connectivity index (χ2n) is 4.87. The number of rotatable bonds is 2. The minimum absolute atomic E-state index is 0.800. The van der Waals surface area contributed by atoms with Crippen LogP contribution in [-0.2, 0) is 17.3 Å². The Morgan fingerprint density at radius 1 is 1.41 bits per heavy atom. The molecule has 0 saturated heterocycles. The van der Waals surface area contributed by atoms with Gasteiger partial charge in [0.05, 0.1) is 16.6 Å². The number of benzene rings is 1. The van der Waals surface area contributed by atoms with Crippen molar-refractivity contribution >= 4 is 16.9 Å². The second kappa shape index (κ2) is 3.58. The zero-order valence-corrected chi connectivity index (χ0v) is 10.5. The molecule has 0 spiro atoms. The highest BCUT2D eigenvalue weighted by atomic mass is 16.4. The van der Waals surface area contributed by atoms with Gasteiger partial charge in [-0.2, -0.15) is 5.10 Å². The third kappa shape index (κ3) is 1.69. The van der Waals surface area contributed by atoms with Gasteiger partial charge in [0.15, 0.2) is 0 Å². The number of nitrogens with zero attached hydrogens (tertiary/aromatic N) is 2. The van der Waals surface area contributed by atoms with E-state index in [0.717, 1.165) is 22.2 Å². The quantitative estimate of drug-likeness (QED) is 0.864. The van der Waals surface area contributed by atoms with Gasteiger partial charge >= 0.3 is 5.97 Å². The summed E-state index contributed by atoms with van der Waals surface area (Å²) < 4.78 is 1.81. The van der Waals surface area contributed by atoms with Gasteiger partial charge in [-0.1, -0.05) is 6.07 Å². The van der Waals surface area contributed by atoms with Crippen LogP contribution in [0.2, 0.25) is 0 Å². The Hall–Kier alpha value is -1.84. The van der Waals surface area contributed by atoms with Crippen molar-refractivity contribution in [1.29, 1.82) is 0 Å². The Labute approximate surface area is 99.9 Å². The summed E-state index contributed by atoms with van der Waals surface area (Å²) >= 11 is 0. The smallest absolute Gasteiger partial charge is 0.313 e. The van der Waals surface area contributed by atoms with E-state index in [1.54, 1.807) is 13.8 Å². The molecule has 2 aromatic rings. The lowest BCUT2D eigenvalue weighted by Crippen LogP contribution is -2.28. The van der Waals surface area contributed by atoms with Gasteiger partial charge in [-0.3, -0.25) is 9.48 Å². The van der Waals surface area contributed by atoms with E-state index in [9.17, 15) is 9.90 Å². The summed E-state index contributed by atoms with van der Waals surface area (Å²) in [6.45, 7) is 5.35. The maximum atomic E-state index is 11.2. The Balaban J connectivity index is 2.67. The average Bonchev–Trinajstić information content (AvgIpc) is 2.54. The van der Waals surface area contributed by atoms with Gasteiger partial charge < -0.3 is 5.11 Å². The third-order valence-corrected chi connectivity index (χ3v) is 3.29. The molecule has 1 N–H and O–H groups in total. The molecular formula is C13H16N2O2. The molecule has 2 rings (SSSR count). The van der Waals surface area contributed by atoms with Crippen LogP contribution in [0.4, 0.5) is 0 Å². The number of hydrogen-bond acceptors (Lipinski definition) is 2. The van der Waals surface area contributed by atoms with Crippen LogP contribution in [0.25, 0.3) is 10.9 Å². The number of aryl methyl sites for hydroxylation is 2. The lowest BCUT2D eigenvalue weighted by Gasteiger charge is -2.19. The number of aliphatic carboxylic acids is 1. The molecule has 0 atom stereocenters. The molecule has 0 radical (unpaired) electrons. The normalized spacial score (nSPS) is 12.0. The van der Waals surface area contributed by atoms with Gasteiger partial charge in [0, 0.05) is 12.4 Å². The number of fused-ring (bicyclic) bond motifs is 1. The molecule has 1 heterocycles. The monoisotopic (exact) mass is 232 g/mol. The summed E-state index contributed by atoms with van der Waals surface area (Å²) in [4.78, 5) is 11.2. The fourth-order valence-corrected chi connectivity index (χ4v) is 1.95. The fraction of sp³-hybridized carbons (Fsp3) is 0.385. The van der Waals surface area contributed by atoms with E-state index in [-0.39, 0.29) is 0 Å². The van der Waals surface area contributed by atoms with E-state index < -0.39 is 11.4 Å². The SMILES string of the molecule is Cc1nn(C)c2ccc(C(C)(C)C(=O)O)cc12. The van der Waals surface area contributed by atoms with Crippen LogP contribution in [0.15, 0.2) is 18.2 Å². The van der Waals surface area contributed by atoms with Crippen LogP contribution in [0, 0.1) is 6.92 Å². The summed E-state index contributed by atoms with van der Waals surface area (Å²) in [5, 5.41) is 14.6. The number of aromatic nitrogens is 2. The van der Waals surface area contributed by atoms with E-state index in [2.05, 4.69) is 5.10 Å². The lowest BCUT2D eigenvalue weighted by molar-refractivity contribution is -0.142. The van der Waals surface area contributed by atoms with Crippen molar-refractivity contribution in [2.24, 2.45) is 7.05 Å². The van der Waals surface area contributed by atoms with Crippen LogP contribution < -0.4 is 0 Å². The van der Waals surface area contributed by atoms with E-state index in [0.29, 0.717) is 0 Å². The Kier molecular flexibility index (Phi) is 2.45. The van der Waals surface area contributed by atoms with Crippen LogP contribution >= 0.6 is 0 Å². The molecule has 1 aromatic heterocycles. The summed E-state index contributed by atoms with van der Waals surface area (Å²) in [5.41, 5.74) is 1.86. The van der Waals surface area contributed by atoms with Crippen LogP contribution in [0.1, 0.15) is 25.1 Å². The largest absolute Gasteiger partial charge is 0.481 e. The molecule has 4 heteroatoms. The van der Waals surface area contributed by atoms with Crippen molar-refractivity contribution in [2.75, 3.05) is 0 Å². The van der Waals surface area contributed by atoms with Crippen molar-refractivity contribution < 1.29 is 9.90 Å². The third-order valence-electron chi connectivity index (χ3n) is 3.29. The first-order chi connectivity index (χ1) is 7.84. The molecule has 0 bridgehead atoms. The van der Waals surface area contributed by atoms with Crippen molar-refractivity contribution in [1.82, 2.24) is 9.78 Å². The lowest BCUT2D eigenvalue weighted by atomic mass is 9.84. The van der Waals surface area contributed by atoms with Gasteiger partial charge in [0.2, 0.25) is 0 Å². The van der Waals surface area contributed by atoms with Crippen LogP contribution in [0.5, 0.6) is 0 Å². The van der Waals surface area contributed by atoms with Crippen molar-refractivity contribution in [3.63, 3.8) is 0 Å². The van der Waals surface area contributed by atoms with E-state index in [1.807, 2.05) is 36.9 Å². The summed E-state index contributed by atoms with van der Waals surface area (Å²) in [7, 11) is 1.89. The molecule has 0 amide bonds. The van der Waals surface area contributed by atoms with E-state index in [1.165, 1.54) is 0 Å². The van der Waals surface area contributed by atoms with Crippen molar-refractivity contribution in [3.8, 4) is 0 Å². The van der Waals surface area contributed by atoms with Gasteiger partial charge in [-0.05, 0) is 38.5 Å². The van der Waals surface area contributed by atoms with Crippen molar-refractivity contribution in [2.45, 2.75) is 26.2 Å². The van der Waals surface area contributed by atoms with E-state index >= 15 is 0 Å². The molecule has 90 valence electrons. The predicted molar refractivity (Wildman–Crippen MR) is 66.1 cm³/mol. The topological polar surface area (TPSA) is 55.1 Å². The minimum Gasteiger partial charge on any atom is -0.481 e. The maximum Gasteiger partial charge on any atom is 0.313 e. The van der Waals surface area contributed by atoms with Crippen LogP contribution in [0.3, 0.4) is 0 Å². The zero-order chi connectivity index (χ0) is 12.8. The molecule has 0 aliphatic carbocycles. The molecule has 0 aliphatic heterocycles. The molecule has 0 unspecified atom stereocenters. The summed E-state index contributed by atoms with van der Waals surface area (Å²) in [5.74, 6) is -0.821. The van der Waals surface area contributed by atoms with Crippen LogP contribution in [-0.4, -0.2) is 20.9 Å². The summed E-state index contributed by atoms with van der Waals surface area (Å²) in [6.07, 6.45) is 0. The summed E-state index contributed by atoms with van der Waals surface area (Å²) in [6, 6.07) is 5.71. The molecular weight excluding hydrogens is 216 g/mol. The number of carboxylic acid groups (broad SMARTS) is 1. The first kappa shape index (κ1) is 11.6. The zero-order valence-electron chi connectivity index (χ0n) is 10.5. The minimum atomic E-state index is -0.879. The fourth-order valence-electron chi connectivity index (χ4n) is 1.95. The second-order valence-corrected chi connectivity index (χ2v) is 4.87. The van der Waals surface area contributed by atoms with E-state index in [4.69, 9.17) is 0 Å². The van der Waals surface area contributed by atoms with Gasteiger partial charge in [0.1, 0.15) is 0 Å². The predicted octanol–water partition coefficient (Wildman–Crippen LogP) is 2.24. The first-order valence-corrected chi connectivity index (χ1v) is 5.51. The molecule has 0 aliphatic rings. The molecule has 0 fully saturated rings. The highest BCUT2D eigenvalue weighted by Crippen LogP contribution is 2.28. The molecule has 4 nitrogen and oxygen atoms in total. The highest BCUT2D eigenvalue weighted by molar-refractivity contribution is 5.86. The standard InChI is InChI=1S/C13H16N2O2/c1-8-10-7-9(13(2,3)12(16)17)5-6-11(10)15(4)14-8/h5-7H,1-4H3,(H,16,17). The van der Waals surface area contributed by atoms with Gasteiger partial charge in [0.25, 0.3) is 0 Å². The molecule has 17 heavy (non-hydrogen) atoms. The molecule has 1 aromatic carbocycles. The van der Waals surface area contributed by atoms with Crippen molar-refractivity contribution in [3.05, 3.63) is 29.5 Å². The first-order valence-electron chi connectivity index (χ1n) is 5.51. The van der Waals surface area contributed by atoms with Gasteiger partial charge in [-0.25, -0.2) is 0 Å². The number of carboxylic acids is 1. The number of carbonyl (C=O) groups is 1. The Bertz CT molecular complexity index is 597. The Morgan fingerprint density at radius 2 is 2.06 bits per heavy atom. The molecule has 0 saturated carbocycles.